The number of aromatic carboxylic acids is 1. The van der Waals surface area contributed by atoms with E-state index in [1.807, 2.05) is 16.8 Å². The first-order valence-electron chi connectivity index (χ1n) is 4.91. The maximum Gasteiger partial charge on any atom is 0.338 e. The maximum atomic E-state index is 11.0. The molecule has 0 aliphatic carbocycles. The number of nitrogens with zero attached hydrogens (tertiary/aromatic N) is 1. The van der Waals surface area contributed by atoms with E-state index in [2.05, 4.69) is 4.98 Å². The van der Waals surface area contributed by atoms with Gasteiger partial charge < -0.3 is 9.52 Å². The summed E-state index contributed by atoms with van der Waals surface area (Å²) in [7, 11) is 0. The smallest absolute Gasteiger partial charge is 0.338 e. The number of para-hydroxylation sites is 1. The van der Waals surface area contributed by atoms with Crippen LogP contribution in [-0.4, -0.2) is 16.1 Å². The van der Waals surface area contributed by atoms with Crippen molar-refractivity contribution in [2.75, 3.05) is 0 Å². The Hall–Kier alpha value is -2.14. The highest BCUT2D eigenvalue weighted by atomic mass is 32.1. The van der Waals surface area contributed by atoms with Gasteiger partial charge in [0, 0.05) is 10.9 Å². The highest BCUT2D eigenvalue weighted by Crippen LogP contribution is 2.27. The summed E-state index contributed by atoms with van der Waals surface area (Å²) in [6.45, 7) is 0. The van der Waals surface area contributed by atoms with Crippen molar-refractivity contribution in [3.05, 3.63) is 40.6 Å². The molecule has 1 aromatic carbocycles. The van der Waals surface area contributed by atoms with Gasteiger partial charge in [0.05, 0.1) is 5.56 Å². The molecule has 84 valence electrons. The van der Waals surface area contributed by atoms with Gasteiger partial charge in [0.2, 0.25) is 5.89 Å². The van der Waals surface area contributed by atoms with Gasteiger partial charge in [-0.2, -0.15) is 11.3 Å². The van der Waals surface area contributed by atoms with Gasteiger partial charge in [0.1, 0.15) is 5.52 Å². The number of carboxylic acid groups (broad SMARTS) is 1. The second-order valence-corrected chi connectivity index (χ2v) is 4.27. The molecule has 0 unspecified atom stereocenters. The molecule has 5 heteroatoms. The molecule has 0 fully saturated rings. The number of carboxylic acids is 1. The molecule has 4 nitrogen and oxygen atoms in total. The topological polar surface area (TPSA) is 63.3 Å². The third kappa shape index (κ3) is 1.60. The summed E-state index contributed by atoms with van der Waals surface area (Å²) in [6.07, 6.45) is 0. The quantitative estimate of drug-likeness (QED) is 0.752. The summed E-state index contributed by atoms with van der Waals surface area (Å²) >= 11 is 1.54. The van der Waals surface area contributed by atoms with Gasteiger partial charge in [-0.3, -0.25) is 0 Å². The van der Waals surface area contributed by atoms with E-state index in [-0.39, 0.29) is 5.56 Å². The molecule has 0 radical (unpaired) electrons. The van der Waals surface area contributed by atoms with E-state index in [9.17, 15) is 4.79 Å². The minimum Gasteiger partial charge on any atom is -0.478 e. The maximum absolute atomic E-state index is 11.0. The van der Waals surface area contributed by atoms with Crippen molar-refractivity contribution < 1.29 is 14.3 Å². The number of hydrogen-bond donors (Lipinski definition) is 1. The predicted octanol–water partition coefficient (Wildman–Crippen LogP) is 3.25. The number of aromatic nitrogens is 1. The molecule has 1 N–H and O–H groups in total. The van der Waals surface area contributed by atoms with Gasteiger partial charge in [-0.05, 0) is 23.6 Å². The van der Waals surface area contributed by atoms with Crippen molar-refractivity contribution in [3.8, 4) is 11.5 Å². The van der Waals surface area contributed by atoms with E-state index in [1.54, 1.807) is 12.1 Å². The van der Waals surface area contributed by atoms with E-state index in [4.69, 9.17) is 9.52 Å². The lowest BCUT2D eigenvalue weighted by molar-refractivity contribution is 0.0699. The number of fused-ring (bicyclic) bond motifs is 1. The lowest BCUT2D eigenvalue weighted by Crippen LogP contribution is -1.96. The zero-order chi connectivity index (χ0) is 11.8. The molecular formula is C12H7NO3S. The lowest BCUT2D eigenvalue weighted by Gasteiger charge is -1.92. The first-order chi connectivity index (χ1) is 8.25. The monoisotopic (exact) mass is 245 g/mol. The van der Waals surface area contributed by atoms with Crippen LogP contribution in [0.3, 0.4) is 0 Å². The van der Waals surface area contributed by atoms with E-state index < -0.39 is 5.97 Å². The van der Waals surface area contributed by atoms with Crippen LogP contribution in [-0.2, 0) is 0 Å². The number of hydrogen-bond acceptors (Lipinski definition) is 4. The zero-order valence-corrected chi connectivity index (χ0v) is 9.40. The van der Waals surface area contributed by atoms with Crippen molar-refractivity contribution in [1.29, 1.82) is 0 Å². The fourth-order valence-electron chi connectivity index (χ4n) is 1.63. The summed E-state index contributed by atoms with van der Waals surface area (Å²) in [6, 6.07) is 6.76. The van der Waals surface area contributed by atoms with Gasteiger partial charge in [-0.15, -0.1) is 0 Å². The first kappa shape index (κ1) is 10.0. The highest BCUT2D eigenvalue weighted by molar-refractivity contribution is 7.08. The summed E-state index contributed by atoms with van der Waals surface area (Å²) < 4.78 is 5.54. The molecule has 0 amide bonds. The molecule has 17 heavy (non-hydrogen) atoms. The van der Waals surface area contributed by atoms with Gasteiger partial charge in [0.15, 0.2) is 5.58 Å². The van der Waals surface area contributed by atoms with E-state index in [0.717, 1.165) is 5.56 Å². The Morgan fingerprint density at radius 3 is 2.94 bits per heavy atom. The fourth-order valence-corrected chi connectivity index (χ4v) is 2.26. The third-order valence-electron chi connectivity index (χ3n) is 2.42. The Morgan fingerprint density at radius 2 is 2.24 bits per heavy atom. The van der Waals surface area contributed by atoms with Crippen LogP contribution in [0.4, 0.5) is 0 Å². The molecule has 0 aliphatic heterocycles. The lowest BCUT2D eigenvalue weighted by atomic mass is 10.2. The van der Waals surface area contributed by atoms with Crippen LogP contribution < -0.4 is 0 Å². The molecular weight excluding hydrogens is 238 g/mol. The number of oxazole rings is 1. The van der Waals surface area contributed by atoms with Crippen LogP contribution in [0, 0.1) is 0 Å². The standard InChI is InChI=1S/C12H7NO3S/c14-12(15)8-2-1-3-9-10(8)13-11(16-9)7-4-5-17-6-7/h1-6H,(H,14,15). The van der Waals surface area contributed by atoms with E-state index >= 15 is 0 Å². The number of thiophene rings is 1. The molecule has 0 saturated heterocycles. The van der Waals surface area contributed by atoms with Gasteiger partial charge in [-0.25, -0.2) is 9.78 Å². The average Bonchev–Trinajstić information content (AvgIpc) is 2.96. The summed E-state index contributed by atoms with van der Waals surface area (Å²) in [5.74, 6) is -0.546. The second-order valence-electron chi connectivity index (χ2n) is 3.49. The van der Waals surface area contributed by atoms with Crippen molar-refractivity contribution in [3.63, 3.8) is 0 Å². The van der Waals surface area contributed by atoms with Gasteiger partial charge in [0.25, 0.3) is 0 Å². The van der Waals surface area contributed by atoms with Crippen molar-refractivity contribution >= 4 is 28.4 Å². The van der Waals surface area contributed by atoms with Crippen LogP contribution in [0.25, 0.3) is 22.6 Å². The Balaban J connectivity index is 2.26. The average molecular weight is 245 g/mol. The zero-order valence-electron chi connectivity index (χ0n) is 8.58. The molecule has 0 aliphatic rings. The summed E-state index contributed by atoms with van der Waals surface area (Å²) in [5.41, 5.74) is 1.91. The van der Waals surface area contributed by atoms with Gasteiger partial charge in [-0.1, -0.05) is 6.07 Å². The normalized spacial score (nSPS) is 10.8. The largest absolute Gasteiger partial charge is 0.478 e. The minimum absolute atomic E-state index is 0.160. The van der Waals surface area contributed by atoms with Crippen LogP contribution in [0.2, 0.25) is 0 Å². The Morgan fingerprint density at radius 1 is 1.35 bits per heavy atom. The SMILES string of the molecule is O=C(O)c1cccc2oc(-c3ccsc3)nc12. The molecule has 2 aromatic heterocycles. The molecule has 0 atom stereocenters. The van der Waals surface area contributed by atoms with Crippen LogP contribution >= 0.6 is 11.3 Å². The predicted molar refractivity (Wildman–Crippen MR) is 64.3 cm³/mol. The summed E-state index contributed by atoms with van der Waals surface area (Å²) in [5, 5.41) is 12.9. The Labute approximate surface area is 100 Å². The molecule has 3 rings (SSSR count). The van der Waals surface area contributed by atoms with Gasteiger partial charge >= 0.3 is 5.97 Å². The minimum atomic E-state index is -0.999. The third-order valence-corrected chi connectivity index (χ3v) is 3.10. The number of benzene rings is 1. The highest BCUT2D eigenvalue weighted by Gasteiger charge is 2.15. The van der Waals surface area contributed by atoms with E-state index in [0.29, 0.717) is 17.0 Å². The Kier molecular flexibility index (Phi) is 2.19. The number of rotatable bonds is 2. The van der Waals surface area contributed by atoms with Crippen LogP contribution in [0.15, 0.2) is 39.4 Å². The molecule has 0 saturated carbocycles. The molecule has 0 bridgehead atoms. The molecule has 0 spiro atoms. The molecule has 2 heterocycles. The van der Waals surface area contributed by atoms with E-state index in [1.165, 1.54) is 17.4 Å². The fraction of sp³-hybridized carbons (Fsp3) is 0. The van der Waals surface area contributed by atoms with Crippen molar-refractivity contribution in [2.24, 2.45) is 0 Å². The molecule has 3 aromatic rings. The first-order valence-corrected chi connectivity index (χ1v) is 5.85. The Bertz CT molecular complexity index is 685. The van der Waals surface area contributed by atoms with Crippen molar-refractivity contribution in [1.82, 2.24) is 4.98 Å². The van der Waals surface area contributed by atoms with Crippen LogP contribution in [0.1, 0.15) is 10.4 Å². The summed E-state index contributed by atoms with van der Waals surface area (Å²) in [4.78, 5) is 15.3. The van der Waals surface area contributed by atoms with Crippen molar-refractivity contribution in [2.45, 2.75) is 0 Å². The number of carbonyl (C=O) groups is 1. The second kappa shape index (κ2) is 3.71. The van der Waals surface area contributed by atoms with Crippen LogP contribution in [0.5, 0.6) is 0 Å².